The number of rotatable bonds is 7. The highest BCUT2D eigenvalue weighted by Crippen LogP contribution is 2.42. The molecule has 1 atom stereocenters. The lowest BCUT2D eigenvalue weighted by Gasteiger charge is -2.27. The van der Waals surface area contributed by atoms with E-state index in [2.05, 4.69) is 5.32 Å². The summed E-state index contributed by atoms with van der Waals surface area (Å²) in [6.07, 6.45) is 1.87. The SMILES string of the molecule is COC(=O)c1cc(NC(=O)[C@](C)(OC)C2CC2)ccc1OC(C)C. The molecule has 6 heteroatoms. The van der Waals surface area contributed by atoms with E-state index in [1.165, 1.54) is 14.2 Å². The maximum atomic E-state index is 12.6. The number of carbonyl (C=O) groups excluding carboxylic acids is 2. The van der Waals surface area contributed by atoms with Crippen LogP contribution in [0.15, 0.2) is 18.2 Å². The van der Waals surface area contributed by atoms with E-state index in [1.54, 1.807) is 25.1 Å². The van der Waals surface area contributed by atoms with Crippen LogP contribution >= 0.6 is 0 Å². The minimum atomic E-state index is -0.863. The molecule has 6 nitrogen and oxygen atoms in total. The van der Waals surface area contributed by atoms with Gasteiger partial charge in [0, 0.05) is 12.8 Å². The molecule has 0 aliphatic heterocycles. The molecule has 1 aromatic carbocycles. The lowest BCUT2D eigenvalue weighted by atomic mass is 9.99. The van der Waals surface area contributed by atoms with Crippen molar-refractivity contribution in [3.8, 4) is 5.75 Å². The molecule has 1 aliphatic rings. The van der Waals surface area contributed by atoms with Crippen molar-refractivity contribution >= 4 is 17.6 Å². The summed E-state index contributed by atoms with van der Waals surface area (Å²) in [6.45, 7) is 5.53. The van der Waals surface area contributed by atoms with Gasteiger partial charge < -0.3 is 19.5 Å². The topological polar surface area (TPSA) is 73.9 Å². The fourth-order valence-electron chi connectivity index (χ4n) is 2.57. The molecule has 1 N–H and O–H groups in total. The maximum Gasteiger partial charge on any atom is 0.341 e. The van der Waals surface area contributed by atoms with E-state index in [9.17, 15) is 9.59 Å². The fourth-order valence-corrected chi connectivity index (χ4v) is 2.57. The Morgan fingerprint density at radius 2 is 1.92 bits per heavy atom. The van der Waals surface area contributed by atoms with Crippen LogP contribution in [0.2, 0.25) is 0 Å². The number of hydrogen-bond acceptors (Lipinski definition) is 5. The molecule has 1 fully saturated rings. The van der Waals surface area contributed by atoms with Gasteiger partial charge in [-0.3, -0.25) is 4.79 Å². The van der Waals surface area contributed by atoms with Gasteiger partial charge in [-0.15, -0.1) is 0 Å². The van der Waals surface area contributed by atoms with E-state index in [1.807, 2.05) is 13.8 Å². The van der Waals surface area contributed by atoms with E-state index in [-0.39, 0.29) is 23.5 Å². The second kappa shape index (κ2) is 7.21. The highest BCUT2D eigenvalue weighted by molar-refractivity contribution is 5.99. The number of anilines is 1. The van der Waals surface area contributed by atoms with Crippen molar-refractivity contribution in [1.29, 1.82) is 0 Å². The van der Waals surface area contributed by atoms with Gasteiger partial charge in [0.1, 0.15) is 16.9 Å². The van der Waals surface area contributed by atoms with Crippen LogP contribution < -0.4 is 10.1 Å². The molecule has 1 aliphatic carbocycles. The average Bonchev–Trinajstić information content (AvgIpc) is 3.39. The Labute approximate surface area is 142 Å². The summed E-state index contributed by atoms with van der Waals surface area (Å²) < 4.78 is 15.9. The molecular formula is C18H25NO5. The van der Waals surface area contributed by atoms with Crippen LogP contribution in [0.25, 0.3) is 0 Å². The minimum absolute atomic E-state index is 0.0829. The highest BCUT2D eigenvalue weighted by atomic mass is 16.5. The molecule has 0 heterocycles. The molecule has 1 amide bonds. The number of benzene rings is 1. The van der Waals surface area contributed by atoms with Gasteiger partial charge in [-0.25, -0.2) is 4.79 Å². The third-order valence-corrected chi connectivity index (χ3v) is 4.24. The maximum absolute atomic E-state index is 12.6. The average molecular weight is 335 g/mol. The normalized spacial score (nSPS) is 16.4. The standard InChI is InChI=1S/C18H25NO5/c1-11(2)24-15-9-8-13(10-14(15)16(20)22-4)19-17(21)18(3,23-5)12-6-7-12/h8-12H,6-7H2,1-5H3,(H,19,21)/t18-/m1/s1. The van der Waals surface area contributed by atoms with Crippen molar-refractivity contribution in [2.75, 3.05) is 19.5 Å². The molecule has 0 spiro atoms. The minimum Gasteiger partial charge on any atom is -0.490 e. The number of esters is 1. The first-order chi connectivity index (χ1) is 11.3. The molecule has 2 rings (SSSR count). The molecule has 24 heavy (non-hydrogen) atoms. The monoisotopic (exact) mass is 335 g/mol. The second-order valence-corrected chi connectivity index (χ2v) is 6.41. The zero-order chi connectivity index (χ0) is 17.9. The quantitative estimate of drug-likeness (QED) is 0.775. The van der Waals surface area contributed by atoms with Crippen molar-refractivity contribution in [1.82, 2.24) is 0 Å². The number of hydrogen-bond donors (Lipinski definition) is 1. The van der Waals surface area contributed by atoms with Gasteiger partial charge in [0.15, 0.2) is 0 Å². The van der Waals surface area contributed by atoms with Crippen LogP contribution in [0.1, 0.15) is 44.0 Å². The van der Waals surface area contributed by atoms with Crippen LogP contribution in [0, 0.1) is 5.92 Å². The molecular weight excluding hydrogens is 310 g/mol. The third kappa shape index (κ3) is 3.87. The summed E-state index contributed by atoms with van der Waals surface area (Å²) in [5.41, 5.74) is -0.0894. The van der Waals surface area contributed by atoms with E-state index >= 15 is 0 Å². The third-order valence-electron chi connectivity index (χ3n) is 4.24. The molecule has 0 saturated heterocycles. The summed E-state index contributed by atoms with van der Waals surface area (Å²) in [6, 6.07) is 4.92. The Kier molecular flexibility index (Phi) is 5.49. The Hall–Kier alpha value is -2.08. The van der Waals surface area contributed by atoms with E-state index in [0.717, 1.165) is 12.8 Å². The first-order valence-electron chi connectivity index (χ1n) is 8.07. The van der Waals surface area contributed by atoms with Gasteiger partial charge in [-0.1, -0.05) is 0 Å². The number of methoxy groups -OCH3 is 2. The van der Waals surface area contributed by atoms with Crippen molar-refractivity contribution in [2.45, 2.75) is 45.3 Å². The summed E-state index contributed by atoms with van der Waals surface area (Å²) in [7, 11) is 2.85. The van der Waals surface area contributed by atoms with Crippen LogP contribution in [0.5, 0.6) is 5.75 Å². The van der Waals surface area contributed by atoms with Crippen LogP contribution in [0.3, 0.4) is 0 Å². The van der Waals surface area contributed by atoms with Crippen molar-refractivity contribution in [2.24, 2.45) is 5.92 Å². The number of amides is 1. The lowest BCUT2D eigenvalue weighted by molar-refractivity contribution is -0.138. The second-order valence-electron chi connectivity index (χ2n) is 6.41. The fraction of sp³-hybridized carbons (Fsp3) is 0.556. The Morgan fingerprint density at radius 3 is 2.42 bits per heavy atom. The summed E-state index contributed by atoms with van der Waals surface area (Å²) >= 11 is 0. The molecule has 0 unspecified atom stereocenters. The van der Waals surface area contributed by atoms with Crippen molar-refractivity contribution in [3.63, 3.8) is 0 Å². The zero-order valence-corrected chi connectivity index (χ0v) is 14.8. The summed E-state index contributed by atoms with van der Waals surface area (Å²) in [5, 5.41) is 2.83. The largest absolute Gasteiger partial charge is 0.490 e. The smallest absolute Gasteiger partial charge is 0.341 e. The van der Waals surface area contributed by atoms with Gasteiger partial charge in [0.25, 0.3) is 5.91 Å². The zero-order valence-electron chi connectivity index (χ0n) is 14.8. The molecule has 0 bridgehead atoms. The number of ether oxygens (including phenoxy) is 3. The van der Waals surface area contributed by atoms with Gasteiger partial charge in [0.2, 0.25) is 0 Å². The van der Waals surface area contributed by atoms with Gasteiger partial charge >= 0.3 is 5.97 Å². The van der Waals surface area contributed by atoms with E-state index < -0.39 is 11.6 Å². The Bertz CT molecular complexity index is 624. The number of carbonyl (C=O) groups is 2. The van der Waals surface area contributed by atoms with Gasteiger partial charge in [-0.05, 0) is 57.7 Å². The van der Waals surface area contributed by atoms with Crippen LogP contribution in [-0.4, -0.2) is 37.8 Å². The Balaban J connectivity index is 2.24. The predicted octanol–water partition coefficient (Wildman–Crippen LogP) is 3.01. The van der Waals surface area contributed by atoms with Crippen molar-refractivity contribution < 1.29 is 23.8 Å². The van der Waals surface area contributed by atoms with E-state index in [0.29, 0.717) is 11.4 Å². The molecule has 1 saturated carbocycles. The number of nitrogens with one attached hydrogen (secondary N) is 1. The predicted molar refractivity (Wildman–Crippen MR) is 90.3 cm³/mol. The van der Waals surface area contributed by atoms with Gasteiger partial charge in [0.05, 0.1) is 13.2 Å². The lowest BCUT2D eigenvalue weighted by Crippen LogP contribution is -2.44. The van der Waals surface area contributed by atoms with Gasteiger partial charge in [-0.2, -0.15) is 0 Å². The molecule has 132 valence electrons. The first kappa shape index (κ1) is 18.3. The molecule has 0 radical (unpaired) electrons. The highest BCUT2D eigenvalue weighted by Gasteiger charge is 2.47. The van der Waals surface area contributed by atoms with E-state index in [4.69, 9.17) is 14.2 Å². The Morgan fingerprint density at radius 1 is 1.25 bits per heavy atom. The molecule has 0 aromatic heterocycles. The summed E-state index contributed by atoms with van der Waals surface area (Å²) in [4.78, 5) is 24.6. The van der Waals surface area contributed by atoms with Crippen LogP contribution in [-0.2, 0) is 14.3 Å². The summed E-state index contributed by atoms with van der Waals surface area (Å²) in [5.74, 6) is -0.0861. The first-order valence-corrected chi connectivity index (χ1v) is 8.07. The van der Waals surface area contributed by atoms with Crippen LogP contribution in [0.4, 0.5) is 5.69 Å². The van der Waals surface area contributed by atoms with Crippen molar-refractivity contribution in [3.05, 3.63) is 23.8 Å². The molecule has 1 aromatic rings.